The molecule has 144 valence electrons. The Labute approximate surface area is 150 Å². The number of aliphatic hydroxyl groups excluding tert-OH is 1. The number of aliphatic hydroxyl groups is 1. The van der Waals surface area contributed by atoms with Crippen LogP contribution >= 0.6 is 0 Å². The average molecular weight is 361 g/mol. The third-order valence-electron chi connectivity index (χ3n) is 5.68. The van der Waals surface area contributed by atoms with Gasteiger partial charge in [0, 0.05) is 12.5 Å². The molecule has 0 spiro atoms. The summed E-state index contributed by atoms with van der Waals surface area (Å²) < 4.78 is 18.8. The first-order valence-corrected chi connectivity index (χ1v) is 11.7. The maximum absolute atomic E-state index is 9.61. The molecule has 1 aliphatic heterocycles. The summed E-state index contributed by atoms with van der Waals surface area (Å²) in [4.78, 5) is 0. The standard InChI is InChI=1S/C19H40O4Si/c1-13(2)24(14(3)4,15(5)6)23-17(10-11-20)16(7)18-12-21-19(8,9)22-18/h13-18,20H,10-12H2,1-9H3/t16-,17+,18-/m1/s1. The van der Waals surface area contributed by atoms with Gasteiger partial charge in [0.25, 0.3) is 0 Å². The van der Waals surface area contributed by atoms with Crippen molar-refractivity contribution in [1.29, 1.82) is 0 Å². The van der Waals surface area contributed by atoms with E-state index in [0.29, 0.717) is 29.7 Å². The number of rotatable bonds is 9. The Kier molecular flexibility index (Phi) is 7.94. The smallest absolute Gasteiger partial charge is 0.200 e. The van der Waals surface area contributed by atoms with Crippen LogP contribution < -0.4 is 0 Å². The van der Waals surface area contributed by atoms with Crippen LogP contribution in [0, 0.1) is 5.92 Å². The van der Waals surface area contributed by atoms with Gasteiger partial charge in [-0.05, 0) is 36.9 Å². The minimum atomic E-state index is -1.98. The highest BCUT2D eigenvalue weighted by molar-refractivity contribution is 6.77. The van der Waals surface area contributed by atoms with Crippen LogP contribution in [0.2, 0.25) is 16.6 Å². The van der Waals surface area contributed by atoms with Crippen molar-refractivity contribution in [1.82, 2.24) is 0 Å². The molecule has 0 amide bonds. The van der Waals surface area contributed by atoms with E-state index in [1.54, 1.807) is 0 Å². The Bertz CT molecular complexity index is 360. The van der Waals surface area contributed by atoms with Crippen molar-refractivity contribution >= 4 is 8.32 Å². The van der Waals surface area contributed by atoms with Gasteiger partial charge in [-0.1, -0.05) is 48.5 Å². The lowest BCUT2D eigenvalue weighted by atomic mass is 9.96. The molecular formula is C19H40O4Si. The van der Waals surface area contributed by atoms with E-state index in [0.717, 1.165) is 0 Å². The monoisotopic (exact) mass is 360 g/mol. The first-order valence-electron chi connectivity index (χ1n) is 9.58. The highest BCUT2D eigenvalue weighted by atomic mass is 28.4. The molecule has 24 heavy (non-hydrogen) atoms. The van der Waals surface area contributed by atoms with Gasteiger partial charge < -0.3 is 19.0 Å². The Morgan fingerprint density at radius 3 is 1.88 bits per heavy atom. The third kappa shape index (κ3) is 4.82. The van der Waals surface area contributed by atoms with E-state index in [9.17, 15) is 5.11 Å². The average Bonchev–Trinajstić information content (AvgIpc) is 2.81. The second-order valence-electron chi connectivity index (χ2n) is 8.71. The van der Waals surface area contributed by atoms with Crippen molar-refractivity contribution in [2.45, 2.75) is 103 Å². The van der Waals surface area contributed by atoms with E-state index in [4.69, 9.17) is 13.9 Å². The van der Waals surface area contributed by atoms with Gasteiger partial charge in [-0.2, -0.15) is 0 Å². The quantitative estimate of drug-likeness (QED) is 0.605. The van der Waals surface area contributed by atoms with Crippen LogP contribution in [-0.2, 0) is 13.9 Å². The predicted molar refractivity (Wildman–Crippen MR) is 102 cm³/mol. The predicted octanol–water partition coefficient (Wildman–Crippen LogP) is 4.72. The highest BCUT2D eigenvalue weighted by Crippen LogP contribution is 2.44. The fourth-order valence-corrected chi connectivity index (χ4v) is 10.1. The Balaban J connectivity index is 3.01. The summed E-state index contributed by atoms with van der Waals surface area (Å²) in [6.45, 7) is 20.6. The fraction of sp³-hybridized carbons (Fsp3) is 1.00. The van der Waals surface area contributed by atoms with Crippen molar-refractivity contribution in [2.24, 2.45) is 5.92 Å². The molecule has 0 aromatic heterocycles. The van der Waals surface area contributed by atoms with Crippen molar-refractivity contribution in [3.05, 3.63) is 0 Å². The lowest BCUT2D eigenvalue weighted by Gasteiger charge is -2.46. The van der Waals surface area contributed by atoms with Gasteiger partial charge in [0.05, 0.1) is 18.8 Å². The lowest BCUT2D eigenvalue weighted by Crippen LogP contribution is -2.52. The molecule has 1 saturated heterocycles. The number of hydrogen-bond acceptors (Lipinski definition) is 4. The maximum atomic E-state index is 9.61. The van der Waals surface area contributed by atoms with Gasteiger partial charge in [-0.3, -0.25) is 0 Å². The van der Waals surface area contributed by atoms with Gasteiger partial charge in [0.15, 0.2) is 5.79 Å². The normalized spacial score (nSPS) is 24.1. The van der Waals surface area contributed by atoms with E-state index in [1.807, 2.05) is 13.8 Å². The van der Waals surface area contributed by atoms with Crippen molar-refractivity contribution in [3.8, 4) is 0 Å². The van der Waals surface area contributed by atoms with Crippen LogP contribution in [0.5, 0.6) is 0 Å². The fourth-order valence-electron chi connectivity index (χ4n) is 4.44. The molecule has 1 N–H and O–H groups in total. The highest BCUT2D eigenvalue weighted by Gasteiger charge is 2.48. The minimum absolute atomic E-state index is 0.0105. The van der Waals surface area contributed by atoms with Crippen molar-refractivity contribution < 1.29 is 19.0 Å². The van der Waals surface area contributed by atoms with E-state index in [-0.39, 0.29) is 24.7 Å². The summed E-state index contributed by atoms with van der Waals surface area (Å²) in [6, 6.07) is 0. The Hall–Kier alpha value is 0.0569. The SMILES string of the molecule is CC(C)[Si](O[C@@H](CCO)[C@@H](C)[C@H]1COC(C)(C)O1)(C(C)C)C(C)C. The largest absolute Gasteiger partial charge is 0.413 e. The second kappa shape index (κ2) is 8.63. The van der Waals surface area contributed by atoms with Crippen LogP contribution in [-0.4, -0.2) is 44.6 Å². The van der Waals surface area contributed by atoms with Gasteiger partial charge in [-0.25, -0.2) is 0 Å². The van der Waals surface area contributed by atoms with Gasteiger partial charge in [0.1, 0.15) is 0 Å². The molecule has 0 radical (unpaired) electrons. The number of ether oxygens (including phenoxy) is 2. The molecule has 4 nitrogen and oxygen atoms in total. The zero-order chi connectivity index (χ0) is 18.7. The summed E-state index contributed by atoms with van der Waals surface area (Å²) in [6.07, 6.45) is 0.689. The first kappa shape index (κ1) is 22.1. The van der Waals surface area contributed by atoms with Gasteiger partial charge in [-0.15, -0.1) is 0 Å². The molecule has 0 bridgehead atoms. The first-order chi connectivity index (χ1) is 11.0. The topological polar surface area (TPSA) is 47.9 Å². The molecule has 5 heteroatoms. The van der Waals surface area contributed by atoms with Gasteiger partial charge in [0.2, 0.25) is 8.32 Å². The van der Waals surface area contributed by atoms with E-state index < -0.39 is 14.1 Å². The molecule has 0 aromatic carbocycles. The molecule has 1 rings (SSSR count). The molecule has 1 heterocycles. The molecular weight excluding hydrogens is 320 g/mol. The minimum Gasteiger partial charge on any atom is -0.413 e. The van der Waals surface area contributed by atoms with Gasteiger partial charge >= 0.3 is 0 Å². The zero-order valence-electron chi connectivity index (χ0n) is 17.3. The van der Waals surface area contributed by atoms with E-state index in [1.165, 1.54) is 0 Å². The van der Waals surface area contributed by atoms with Crippen LogP contribution in [0.4, 0.5) is 0 Å². The molecule has 1 aliphatic rings. The van der Waals surface area contributed by atoms with Crippen molar-refractivity contribution in [3.63, 3.8) is 0 Å². The molecule has 1 fully saturated rings. The molecule has 0 aromatic rings. The Morgan fingerprint density at radius 1 is 1.04 bits per heavy atom. The Morgan fingerprint density at radius 2 is 1.54 bits per heavy atom. The van der Waals surface area contributed by atoms with E-state index in [2.05, 4.69) is 48.5 Å². The molecule has 3 atom stereocenters. The molecule has 0 aliphatic carbocycles. The molecule has 0 unspecified atom stereocenters. The summed E-state index contributed by atoms with van der Waals surface area (Å²) in [7, 11) is -1.98. The van der Waals surface area contributed by atoms with Crippen molar-refractivity contribution in [2.75, 3.05) is 13.2 Å². The lowest BCUT2D eigenvalue weighted by molar-refractivity contribution is -0.148. The summed E-state index contributed by atoms with van der Waals surface area (Å²) >= 11 is 0. The second-order valence-corrected chi connectivity index (χ2v) is 14.1. The van der Waals surface area contributed by atoms with E-state index >= 15 is 0 Å². The maximum Gasteiger partial charge on any atom is 0.200 e. The summed E-state index contributed by atoms with van der Waals surface area (Å²) in [5.41, 5.74) is 1.59. The molecule has 0 saturated carbocycles. The van der Waals surface area contributed by atoms with Crippen LogP contribution in [0.15, 0.2) is 0 Å². The summed E-state index contributed by atoms with van der Waals surface area (Å²) in [5.74, 6) is -0.326. The third-order valence-corrected chi connectivity index (χ3v) is 11.8. The van der Waals surface area contributed by atoms with Crippen LogP contribution in [0.1, 0.15) is 68.7 Å². The summed E-state index contributed by atoms with van der Waals surface area (Å²) in [5, 5.41) is 9.61. The van der Waals surface area contributed by atoms with Crippen LogP contribution in [0.25, 0.3) is 0 Å². The zero-order valence-corrected chi connectivity index (χ0v) is 18.3. The number of hydrogen-bond donors (Lipinski definition) is 1. The van der Waals surface area contributed by atoms with Crippen LogP contribution in [0.3, 0.4) is 0 Å².